The zero-order chi connectivity index (χ0) is 22.5. The van der Waals surface area contributed by atoms with Crippen LogP contribution in [-0.2, 0) is 13.0 Å². The van der Waals surface area contributed by atoms with Gasteiger partial charge in [0.25, 0.3) is 0 Å². The van der Waals surface area contributed by atoms with Gasteiger partial charge >= 0.3 is 0 Å². The summed E-state index contributed by atoms with van der Waals surface area (Å²) in [6, 6.07) is 7.75. The predicted molar refractivity (Wildman–Crippen MR) is 124 cm³/mol. The van der Waals surface area contributed by atoms with Crippen molar-refractivity contribution in [3.05, 3.63) is 82.4 Å². The van der Waals surface area contributed by atoms with Crippen LogP contribution in [0.1, 0.15) is 29.8 Å². The molecule has 0 radical (unpaired) electrons. The van der Waals surface area contributed by atoms with Crippen LogP contribution in [0.5, 0.6) is 0 Å². The maximum absolute atomic E-state index is 14.5. The molecule has 6 rings (SSSR count). The molecule has 5 nitrogen and oxygen atoms in total. The van der Waals surface area contributed by atoms with Crippen molar-refractivity contribution < 1.29 is 8.78 Å². The van der Waals surface area contributed by atoms with E-state index >= 15 is 0 Å². The fraction of sp³-hybridized carbons (Fsp3) is 0.200. The summed E-state index contributed by atoms with van der Waals surface area (Å²) < 4.78 is 30.4. The minimum absolute atomic E-state index is 0.149. The van der Waals surface area contributed by atoms with Crippen LogP contribution in [0.25, 0.3) is 28.0 Å². The summed E-state index contributed by atoms with van der Waals surface area (Å²) in [6.45, 7) is 1.34. The third-order valence-corrected chi connectivity index (χ3v) is 6.43. The van der Waals surface area contributed by atoms with Crippen LogP contribution in [0.15, 0.2) is 53.8 Å². The molecule has 5 heterocycles. The van der Waals surface area contributed by atoms with E-state index in [1.165, 1.54) is 18.2 Å². The lowest BCUT2D eigenvalue weighted by atomic mass is 9.99. The van der Waals surface area contributed by atoms with Crippen LogP contribution < -0.4 is 0 Å². The summed E-state index contributed by atoms with van der Waals surface area (Å²) in [5, 5.41) is -0.149. The Hall–Kier alpha value is -3.45. The van der Waals surface area contributed by atoms with Crippen LogP contribution >= 0.6 is 11.6 Å². The molecule has 0 saturated carbocycles. The summed E-state index contributed by atoms with van der Waals surface area (Å²) >= 11 is 5.90. The van der Waals surface area contributed by atoms with Crippen molar-refractivity contribution in [3.8, 4) is 11.4 Å². The third kappa shape index (κ3) is 3.43. The van der Waals surface area contributed by atoms with Gasteiger partial charge in [0.15, 0.2) is 0 Å². The molecule has 0 fully saturated rings. The number of fused-ring (bicyclic) bond motifs is 2. The van der Waals surface area contributed by atoms with Gasteiger partial charge in [-0.3, -0.25) is 9.98 Å². The molecular formula is C25H18ClF2N5. The number of nitrogens with zero attached hydrogens (tertiary/aromatic N) is 5. The van der Waals surface area contributed by atoms with E-state index in [4.69, 9.17) is 16.6 Å². The van der Waals surface area contributed by atoms with Gasteiger partial charge in [-0.15, -0.1) is 0 Å². The number of hydrogen-bond acceptors (Lipinski definition) is 4. The van der Waals surface area contributed by atoms with Gasteiger partial charge in [-0.2, -0.15) is 0 Å². The van der Waals surface area contributed by atoms with E-state index in [9.17, 15) is 8.78 Å². The Balaban J connectivity index is 1.40. The number of imidazole rings is 1. The van der Waals surface area contributed by atoms with Crippen LogP contribution in [0.2, 0.25) is 5.02 Å². The Morgan fingerprint density at radius 1 is 0.939 bits per heavy atom. The molecule has 164 valence electrons. The zero-order valence-electron chi connectivity index (χ0n) is 17.5. The van der Waals surface area contributed by atoms with E-state index in [0.717, 1.165) is 42.4 Å². The van der Waals surface area contributed by atoms with E-state index < -0.39 is 11.6 Å². The predicted octanol–water partition coefficient (Wildman–Crippen LogP) is 5.65. The Morgan fingerprint density at radius 3 is 2.76 bits per heavy atom. The van der Waals surface area contributed by atoms with Crippen molar-refractivity contribution >= 4 is 33.9 Å². The van der Waals surface area contributed by atoms with Crippen LogP contribution in [0, 0.1) is 11.6 Å². The minimum atomic E-state index is -0.800. The van der Waals surface area contributed by atoms with Crippen molar-refractivity contribution in [2.24, 2.45) is 4.99 Å². The molecule has 0 amide bonds. The summed E-state index contributed by atoms with van der Waals surface area (Å²) in [7, 11) is 0. The van der Waals surface area contributed by atoms with E-state index in [2.05, 4.69) is 19.5 Å². The highest BCUT2D eigenvalue weighted by Crippen LogP contribution is 2.30. The van der Waals surface area contributed by atoms with Crippen molar-refractivity contribution in [1.29, 1.82) is 0 Å². The molecule has 8 heteroatoms. The van der Waals surface area contributed by atoms with E-state index in [1.54, 1.807) is 0 Å². The lowest BCUT2D eigenvalue weighted by Gasteiger charge is -2.16. The van der Waals surface area contributed by atoms with Gasteiger partial charge in [-0.05, 0) is 43.5 Å². The Morgan fingerprint density at radius 2 is 1.85 bits per heavy atom. The zero-order valence-corrected chi connectivity index (χ0v) is 18.3. The first-order valence-corrected chi connectivity index (χ1v) is 11.2. The molecule has 1 aromatic carbocycles. The molecule has 2 aliphatic heterocycles. The second-order valence-corrected chi connectivity index (χ2v) is 8.60. The van der Waals surface area contributed by atoms with Gasteiger partial charge in [-0.1, -0.05) is 17.7 Å². The average molecular weight is 462 g/mol. The van der Waals surface area contributed by atoms with Crippen molar-refractivity contribution in [1.82, 2.24) is 19.5 Å². The highest BCUT2D eigenvalue weighted by Gasteiger charge is 2.22. The molecule has 0 aliphatic carbocycles. The van der Waals surface area contributed by atoms with Crippen LogP contribution in [-0.4, -0.2) is 31.8 Å². The lowest BCUT2D eigenvalue weighted by Crippen LogP contribution is -2.10. The van der Waals surface area contributed by atoms with Gasteiger partial charge in [-0.25, -0.2) is 18.7 Å². The number of halogens is 3. The number of hydrogen-bond donors (Lipinski definition) is 0. The topological polar surface area (TPSA) is 56.0 Å². The van der Waals surface area contributed by atoms with Gasteiger partial charge < -0.3 is 4.57 Å². The highest BCUT2D eigenvalue weighted by molar-refractivity contribution is 6.35. The van der Waals surface area contributed by atoms with Crippen LogP contribution in [0.3, 0.4) is 0 Å². The number of allylic oxidation sites excluding steroid dienone is 1. The normalized spacial score (nSPS) is 15.5. The molecule has 33 heavy (non-hydrogen) atoms. The maximum Gasteiger partial charge on any atom is 0.144 e. The standard InChI is InChI=1S/C25H18ClF2N5/c26-18-10-17(19(27)11-20(18)28)24-16(6-7-29-24)21-4-5-22-23(32-21)9-14(12-30-22)25-31-13-15-3-1-2-8-33(15)25/h4-6,9-13H,1-3,7-8H2. The molecule has 0 N–H and O–H groups in total. The quantitative estimate of drug-likeness (QED) is 0.370. The van der Waals surface area contributed by atoms with Gasteiger partial charge in [0.2, 0.25) is 0 Å². The molecule has 0 saturated heterocycles. The number of rotatable bonds is 3. The smallest absolute Gasteiger partial charge is 0.144 e. The van der Waals surface area contributed by atoms with Crippen LogP contribution in [0.4, 0.5) is 8.78 Å². The molecule has 0 spiro atoms. The van der Waals surface area contributed by atoms with Gasteiger partial charge in [0, 0.05) is 47.4 Å². The number of aromatic nitrogens is 4. The maximum atomic E-state index is 14.5. The van der Waals surface area contributed by atoms with E-state index in [1.807, 2.05) is 36.7 Å². The molecule has 4 aromatic rings. The number of aliphatic imine (C=N–C) groups is 1. The molecular weight excluding hydrogens is 444 g/mol. The first-order valence-electron chi connectivity index (χ1n) is 10.8. The molecule has 0 bridgehead atoms. The second-order valence-electron chi connectivity index (χ2n) is 8.19. The summed E-state index contributed by atoms with van der Waals surface area (Å²) in [4.78, 5) is 18.4. The van der Waals surface area contributed by atoms with Gasteiger partial charge in [0.05, 0.1) is 34.0 Å². The summed E-state index contributed by atoms with van der Waals surface area (Å²) in [6.07, 6.45) is 9.01. The van der Waals surface area contributed by atoms with Crippen molar-refractivity contribution in [3.63, 3.8) is 0 Å². The number of pyridine rings is 2. The van der Waals surface area contributed by atoms with Crippen molar-refractivity contribution in [2.45, 2.75) is 25.8 Å². The molecule has 0 unspecified atom stereocenters. The monoisotopic (exact) mass is 461 g/mol. The highest BCUT2D eigenvalue weighted by atomic mass is 35.5. The number of aryl methyl sites for hydroxylation is 1. The Bertz CT molecular complexity index is 1490. The summed E-state index contributed by atoms with van der Waals surface area (Å²) in [5.74, 6) is -0.611. The SMILES string of the molecule is Fc1cc(F)c(C2=NCC=C2c2ccc3ncc(-c4ncc5n4CCCC5)cc3n2)cc1Cl. The Kier molecular flexibility index (Phi) is 4.80. The summed E-state index contributed by atoms with van der Waals surface area (Å²) in [5.41, 5.74) is 5.50. The first kappa shape index (κ1) is 20.2. The molecule has 3 aromatic heterocycles. The number of benzene rings is 1. The largest absolute Gasteiger partial charge is 0.328 e. The average Bonchev–Trinajstić information content (AvgIpc) is 3.48. The molecule has 0 atom stereocenters. The minimum Gasteiger partial charge on any atom is -0.328 e. The fourth-order valence-electron chi connectivity index (χ4n) is 4.52. The lowest BCUT2D eigenvalue weighted by molar-refractivity contribution is 0.536. The van der Waals surface area contributed by atoms with E-state index in [0.29, 0.717) is 29.0 Å². The molecule has 2 aliphatic rings. The Labute approximate surface area is 193 Å². The third-order valence-electron chi connectivity index (χ3n) is 6.14. The second kappa shape index (κ2) is 7.85. The van der Waals surface area contributed by atoms with Crippen molar-refractivity contribution in [2.75, 3.05) is 6.54 Å². The van der Waals surface area contributed by atoms with Gasteiger partial charge in [0.1, 0.15) is 17.5 Å². The fourth-order valence-corrected chi connectivity index (χ4v) is 4.68. The first-order chi connectivity index (χ1) is 16.1. The van der Waals surface area contributed by atoms with E-state index in [-0.39, 0.29) is 10.6 Å².